The lowest BCUT2D eigenvalue weighted by molar-refractivity contribution is -0.236. The van der Waals surface area contributed by atoms with Gasteiger partial charge in [0.05, 0.1) is 12.6 Å². The number of aliphatic carboxylic acids is 1. The molecule has 44 heavy (non-hydrogen) atoms. The first-order chi connectivity index (χ1) is 20.4. The summed E-state index contributed by atoms with van der Waals surface area (Å²) in [6.07, 6.45) is 9.65. The van der Waals surface area contributed by atoms with E-state index in [0.29, 0.717) is 18.6 Å². The van der Waals surface area contributed by atoms with E-state index in [1.807, 2.05) is 6.08 Å². The van der Waals surface area contributed by atoms with Crippen LogP contribution in [-0.2, 0) is 19.2 Å². The van der Waals surface area contributed by atoms with E-state index < -0.39 is 40.9 Å². The maximum absolute atomic E-state index is 14.7. The van der Waals surface area contributed by atoms with Gasteiger partial charge in [0.25, 0.3) is 6.04 Å². The van der Waals surface area contributed by atoms with E-state index in [1.165, 1.54) is 18.4 Å². The molecule has 0 aromatic heterocycles. The summed E-state index contributed by atoms with van der Waals surface area (Å²) >= 11 is 0. The molecule has 5 unspecified atom stereocenters. The highest BCUT2D eigenvalue weighted by Crippen LogP contribution is 2.75. The van der Waals surface area contributed by atoms with Crippen molar-refractivity contribution in [2.24, 2.45) is 50.2 Å². The highest BCUT2D eigenvalue weighted by Gasteiger charge is 2.73. The van der Waals surface area contributed by atoms with Crippen LogP contribution in [0.1, 0.15) is 113 Å². The van der Waals surface area contributed by atoms with Gasteiger partial charge in [-0.1, -0.05) is 54.0 Å². The summed E-state index contributed by atoms with van der Waals surface area (Å²) in [4.78, 5) is 47.6. The molecule has 3 N–H and O–H groups in total. The van der Waals surface area contributed by atoms with E-state index in [-0.39, 0.29) is 52.8 Å². The maximum atomic E-state index is 14.7. The van der Waals surface area contributed by atoms with Crippen LogP contribution in [0.2, 0.25) is 0 Å². The minimum absolute atomic E-state index is 0.0814. The molecule has 0 aliphatic heterocycles. The van der Waals surface area contributed by atoms with E-state index in [9.17, 15) is 19.5 Å². The predicted octanol–water partition coefficient (Wildman–Crippen LogP) is 6.18. The Morgan fingerprint density at radius 1 is 1.11 bits per heavy atom. The molecule has 5 aliphatic carbocycles. The number of aliphatic hydroxyl groups is 1. The zero-order valence-corrected chi connectivity index (χ0v) is 27.9. The summed E-state index contributed by atoms with van der Waals surface area (Å²) in [6.45, 7) is 24.1. The topological polar surface area (TPSA) is 117 Å². The number of fused-ring (bicyclic) bond motifs is 7. The number of rotatable bonds is 8. The number of aldehydes is 1. The fourth-order valence-electron chi connectivity index (χ4n) is 11.3. The van der Waals surface area contributed by atoms with E-state index >= 15 is 0 Å². The van der Waals surface area contributed by atoms with Gasteiger partial charge in [-0.05, 0) is 90.9 Å². The second-order valence-electron chi connectivity index (χ2n) is 17.3. The second-order valence-corrected chi connectivity index (χ2v) is 17.3. The van der Waals surface area contributed by atoms with Crippen molar-refractivity contribution < 1.29 is 29.4 Å². The van der Waals surface area contributed by atoms with Crippen molar-refractivity contribution >= 4 is 18.0 Å². The average molecular weight is 611 g/mol. The minimum Gasteiger partial charge on any atom is -0.481 e. The summed E-state index contributed by atoms with van der Waals surface area (Å²) in [5.74, 6) is -0.973. The molecule has 0 radical (unpaired) electrons. The van der Waals surface area contributed by atoms with Gasteiger partial charge in [0, 0.05) is 29.6 Å². The molecule has 4 saturated carbocycles. The summed E-state index contributed by atoms with van der Waals surface area (Å²) in [5.41, 5.74) is 2.69. The van der Waals surface area contributed by atoms with Gasteiger partial charge in [-0.15, -0.1) is 0 Å². The number of carboxylic acids is 1. The Morgan fingerprint density at radius 2 is 1.80 bits per heavy atom. The van der Waals surface area contributed by atoms with Crippen molar-refractivity contribution in [3.63, 3.8) is 0 Å². The van der Waals surface area contributed by atoms with Gasteiger partial charge in [-0.25, -0.2) is 6.57 Å². The number of carboxylic acid groups (broad SMARTS) is 1. The van der Waals surface area contributed by atoms with Crippen LogP contribution in [0.4, 0.5) is 0 Å². The van der Waals surface area contributed by atoms with Gasteiger partial charge in [0.2, 0.25) is 0 Å². The fourth-order valence-corrected chi connectivity index (χ4v) is 11.3. The van der Waals surface area contributed by atoms with Crippen LogP contribution < -0.4 is 5.48 Å². The SMILES string of the molecule is [C-]#[N+]C1C[C@@]2(CO)C(CC[C@]3(C)C2C(=O)C=C2C4CC(C)(C)CC[C@]4(C)CC[C@]23C)C(C)(C)C1ON[C@@H](C=O)CCC(=O)O. The van der Waals surface area contributed by atoms with Crippen LogP contribution in [-0.4, -0.2) is 53.0 Å². The number of hydrogen-bond acceptors (Lipinski definition) is 6. The van der Waals surface area contributed by atoms with Crippen molar-refractivity contribution in [3.8, 4) is 0 Å². The highest BCUT2D eigenvalue weighted by molar-refractivity contribution is 5.95. The summed E-state index contributed by atoms with van der Waals surface area (Å²) in [7, 11) is 0. The first kappa shape index (κ1) is 33.3. The van der Waals surface area contributed by atoms with Crippen LogP contribution in [0.15, 0.2) is 11.6 Å². The molecule has 0 amide bonds. The largest absolute Gasteiger partial charge is 0.481 e. The van der Waals surface area contributed by atoms with Crippen LogP contribution in [0.25, 0.3) is 4.85 Å². The normalized spacial score (nSPS) is 44.5. The van der Waals surface area contributed by atoms with Gasteiger partial charge >= 0.3 is 5.97 Å². The van der Waals surface area contributed by atoms with E-state index in [1.54, 1.807) is 0 Å². The number of nitrogens with one attached hydrogen (secondary N) is 1. The van der Waals surface area contributed by atoms with Crippen LogP contribution in [0.3, 0.4) is 0 Å². The maximum Gasteiger partial charge on any atom is 0.303 e. The number of carbonyl (C=O) groups is 3. The summed E-state index contributed by atoms with van der Waals surface area (Å²) < 4.78 is 0. The Bertz CT molecular complexity index is 1270. The Morgan fingerprint density at radius 3 is 2.41 bits per heavy atom. The lowest BCUT2D eigenvalue weighted by Crippen LogP contribution is -2.70. The zero-order valence-electron chi connectivity index (χ0n) is 27.9. The molecule has 4 fully saturated rings. The third-order valence-corrected chi connectivity index (χ3v) is 14.1. The van der Waals surface area contributed by atoms with Gasteiger partial charge in [0.15, 0.2) is 11.9 Å². The first-order valence-corrected chi connectivity index (χ1v) is 16.8. The minimum atomic E-state index is -0.994. The number of ketones is 1. The molecule has 0 saturated heterocycles. The molecular weight excluding hydrogens is 556 g/mol. The number of carbonyl (C=O) groups excluding carboxylic acids is 2. The standard InChI is InChI=1S/C36H54N2O6/c1-31(2)13-14-33(5)15-16-34(6)23(24(33)18-31)17-26(41)29-35(34,7)12-11-27-32(3,4)30(25(37-8)19-36(27,29)21-40)44-38-22(20-39)9-10-28(42)43/h17,20,22,24-25,27,29-30,38,40H,9-16,18-19,21H2,1-7H3,(H,42,43)/t22-,24?,25?,27?,29?,30?,33-,34-,35-,36-/m1/s1. The smallest absolute Gasteiger partial charge is 0.303 e. The predicted molar refractivity (Wildman–Crippen MR) is 167 cm³/mol. The molecule has 8 heteroatoms. The Balaban J connectivity index is 1.52. The fraction of sp³-hybridized carbons (Fsp3) is 0.833. The molecule has 0 aromatic rings. The van der Waals surface area contributed by atoms with Crippen molar-refractivity contribution in [3.05, 3.63) is 23.1 Å². The van der Waals surface area contributed by atoms with Crippen molar-refractivity contribution in [2.75, 3.05) is 6.61 Å². The molecule has 0 heterocycles. The molecule has 10 atom stereocenters. The summed E-state index contributed by atoms with van der Waals surface area (Å²) in [5, 5.41) is 20.5. The molecule has 8 nitrogen and oxygen atoms in total. The number of allylic oxidation sites excluding steroid dienone is 2. The quantitative estimate of drug-likeness (QED) is 0.171. The molecule has 5 aliphatic rings. The summed E-state index contributed by atoms with van der Waals surface area (Å²) in [6, 6.07) is -1.45. The first-order valence-electron chi connectivity index (χ1n) is 16.8. The Labute approximate surface area is 263 Å². The molecular formula is C36H54N2O6. The van der Waals surface area contributed by atoms with Crippen molar-refractivity contribution in [2.45, 2.75) is 131 Å². The van der Waals surface area contributed by atoms with Crippen molar-refractivity contribution in [1.82, 2.24) is 5.48 Å². The number of hydroxylamine groups is 1. The van der Waals surface area contributed by atoms with Crippen LogP contribution >= 0.6 is 0 Å². The van der Waals surface area contributed by atoms with Crippen molar-refractivity contribution in [1.29, 1.82) is 0 Å². The van der Waals surface area contributed by atoms with E-state index in [4.69, 9.17) is 16.5 Å². The molecule has 0 spiro atoms. The Hall–Kier alpha value is -2.08. The third-order valence-electron chi connectivity index (χ3n) is 14.1. The lowest BCUT2D eigenvalue weighted by Gasteiger charge is -2.70. The number of nitrogens with zero attached hydrogens (tertiary/aromatic N) is 1. The number of hydrogen-bond donors (Lipinski definition) is 3. The monoisotopic (exact) mass is 610 g/mol. The number of aliphatic hydroxyl groups excluding tert-OH is 1. The lowest BCUT2D eigenvalue weighted by atomic mass is 9.33. The third kappa shape index (κ3) is 4.83. The Kier molecular flexibility index (Phi) is 8.34. The average Bonchev–Trinajstić information content (AvgIpc) is 2.95. The molecule has 5 rings (SSSR count). The zero-order chi connectivity index (χ0) is 32.5. The van der Waals surface area contributed by atoms with Gasteiger partial charge in [0.1, 0.15) is 6.29 Å². The van der Waals surface area contributed by atoms with Crippen LogP contribution in [0, 0.1) is 56.8 Å². The van der Waals surface area contributed by atoms with E-state index in [2.05, 4.69) is 58.8 Å². The molecule has 0 bridgehead atoms. The second kappa shape index (κ2) is 11.0. The van der Waals surface area contributed by atoms with Crippen LogP contribution in [0.5, 0.6) is 0 Å². The highest BCUT2D eigenvalue weighted by atomic mass is 16.7. The van der Waals surface area contributed by atoms with E-state index in [0.717, 1.165) is 32.1 Å². The molecule has 0 aromatic carbocycles. The molecule has 244 valence electrons. The van der Waals surface area contributed by atoms with Gasteiger partial charge in [-0.3, -0.25) is 14.4 Å². The van der Waals surface area contributed by atoms with Gasteiger partial charge < -0.3 is 19.9 Å². The van der Waals surface area contributed by atoms with Gasteiger partial charge in [-0.2, -0.15) is 5.48 Å².